The molecular formula is C44H32Cl6N8O4. The van der Waals surface area contributed by atoms with Gasteiger partial charge in [-0.05, 0) is 83.9 Å². The molecule has 3 aromatic heterocycles. The maximum atomic E-state index is 12.5. The summed E-state index contributed by atoms with van der Waals surface area (Å²) in [5.41, 5.74) is 12.3. The highest BCUT2D eigenvalue weighted by Crippen LogP contribution is 2.30. The largest absolute Gasteiger partial charge is 0.478 e. The Kier molecular flexibility index (Phi) is 15.8. The van der Waals surface area contributed by atoms with E-state index in [1.807, 2.05) is 6.07 Å². The molecule has 0 saturated heterocycles. The number of nitrogens with two attached hydrogens (primary N) is 1. The number of carboxylic acid groups (broad SMARTS) is 1. The van der Waals surface area contributed by atoms with E-state index in [1.54, 1.807) is 91.7 Å². The van der Waals surface area contributed by atoms with Gasteiger partial charge in [0, 0.05) is 122 Å². The highest BCUT2D eigenvalue weighted by atomic mass is 35.5. The molecule has 0 radical (unpaired) electrons. The number of carbonyl (C=O) groups excluding carboxylic acids is 1. The molecule has 12 nitrogen and oxygen atoms in total. The van der Waals surface area contributed by atoms with Crippen molar-refractivity contribution >= 4 is 129 Å². The fourth-order valence-electron chi connectivity index (χ4n) is 6.29. The number of oxime groups is 1. The molecule has 0 bridgehead atoms. The van der Waals surface area contributed by atoms with Gasteiger partial charge >= 0.3 is 5.97 Å². The van der Waals surface area contributed by atoms with Crippen LogP contribution in [0.3, 0.4) is 0 Å². The van der Waals surface area contributed by atoms with Crippen LogP contribution in [-0.4, -0.2) is 61.4 Å². The molecule has 3 aromatic carbocycles. The number of ketones is 1. The number of Topliss-reactive ketones (excluding diaryl/α,β-unsaturated/α-hetero) is 1. The first kappa shape index (κ1) is 45.8. The zero-order valence-electron chi connectivity index (χ0n) is 32.1. The van der Waals surface area contributed by atoms with Crippen LogP contribution < -0.4 is 5.73 Å². The number of rotatable bonds is 7. The van der Waals surface area contributed by atoms with E-state index >= 15 is 0 Å². The number of aromatic carboxylic acids is 1. The Morgan fingerprint density at radius 1 is 0.565 bits per heavy atom. The number of carbonyl (C=O) groups is 2. The molecule has 62 heavy (non-hydrogen) atoms. The molecule has 6 heterocycles. The number of anilines is 1. The van der Waals surface area contributed by atoms with Crippen molar-refractivity contribution in [2.75, 3.05) is 5.73 Å². The molecule has 0 spiro atoms. The molecule has 0 fully saturated rings. The lowest BCUT2D eigenvalue weighted by atomic mass is 9.98. The SMILES string of the molecule is Nc1cc(Cl)ccc1Cl.O/N=C(\Cc1cc(Cl)ccc1Cl)c1ccnc2c1CC=N2.O=C(Cc1cc(Cl)ccc1Cl)c1ccnc2c1CC=N2.O=C(O)c1ccnc2c1CC=N2. The van der Waals surface area contributed by atoms with Crippen LogP contribution in [0.25, 0.3) is 0 Å². The summed E-state index contributed by atoms with van der Waals surface area (Å²) in [6.07, 6.45) is 12.5. The minimum Gasteiger partial charge on any atom is -0.478 e. The van der Waals surface area contributed by atoms with Crippen molar-refractivity contribution in [2.24, 2.45) is 20.1 Å². The molecule has 3 aliphatic heterocycles. The summed E-state index contributed by atoms with van der Waals surface area (Å²) in [4.78, 5) is 47.7. The summed E-state index contributed by atoms with van der Waals surface area (Å²) in [6, 6.07) is 20.4. The molecule has 0 atom stereocenters. The predicted octanol–water partition coefficient (Wildman–Crippen LogP) is 11.8. The third kappa shape index (κ3) is 11.6. The number of carboxylic acids is 1. The van der Waals surface area contributed by atoms with Crippen LogP contribution in [0.1, 0.15) is 54.1 Å². The Morgan fingerprint density at radius 2 is 0.984 bits per heavy atom. The standard InChI is InChI=1S/C15H11Cl2N3O.C15H10Cl2N2O.C8H6N2O2.C6H5Cl2N/c16-10-1-2-13(17)9(7-10)8-14(20-21)11-3-5-18-15-12(11)4-6-19-15;16-10-1-2-13(17)9(7-10)8-14(20)11-3-5-18-15-12(11)4-6-19-15;11-8(12)6-2-4-10-7-5(6)1-3-9-7;7-4-1-2-5(8)6(9)3-4/h1-3,5-7,21H,4,8H2;1-3,5-7H,4,8H2;2-4H,1H2,(H,11,12);1-3H,9H2/b20-14+;;;. The van der Waals surface area contributed by atoms with Crippen LogP contribution in [0.4, 0.5) is 23.1 Å². The number of halogens is 6. The molecule has 9 rings (SSSR count). The van der Waals surface area contributed by atoms with Crippen LogP contribution in [0.5, 0.6) is 0 Å². The smallest absolute Gasteiger partial charge is 0.336 e. The highest BCUT2D eigenvalue weighted by molar-refractivity contribution is 6.35. The summed E-state index contributed by atoms with van der Waals surface area (Å²) in [5.74, 6) is 0.922. The Bertz CT molecular complexity index is 2800. The monoisotopic (exact) mass is 946 g/mol. The molecule has 0 saturated carbocycles. The van der Waals surface area contributed by atoms with Crippen molar-refractivity contribution in [3.8, 4) is 0 Å². The van der Waals surface area contributed by atoms with Gasteiger partial charge in [-0.25, -0.2) is 34.7 Å². The van der Waals surface area contributed by atoms with Crippen molar-refractivity contribution in [1.29, 1.82) is 0 Å². The second kappa shape index (κ2) is 21.4. The number of pyridine rings is 3. The van der Waals surface area contributed by atoms with Crippen LogP contribution in [0, 0.1) is 0 Å². The number of aromatic nitrogens is 3. The fourth-order valence-corrected chi connectivity index (χ4v) is 7.35. The number of nitrogen functional groups attached to an aromatic ring is 1. The van der Waals surface area contributed by atoms with E-state index in [1.165, 1.54) is 12.3 Å². The first-order valence-corrected chi connectivity index (χ1v) is 20.7. The molecule has 314 valence electrons. The van der Waals surface area contributed by atoms with E-state index in [9.17, 15) is 14.8 Å². The van der Waals surface area contributed by atoms with Crippen LogP contribution >= 0.6 is 69.6 Å². The van der Waals surface area contributed by atoms with E-state index in [0.29, 0.717) is 101 Å². The average molecular weight is 950 g/mol. The third-order valence-corrected chi connectivity index (χ3v) is 11.1. The van der Waals surface area contributed by atoms with Gasteiger partial charge in [0.15, 0.2) is 23.2 Å². The van der Waals surface area contributed by atoms with E-state index < -0.39 is 5.97 Å². The number of hydrogen-bond acceptors (Lipinski definition) is 11. The van der Waals surface area contributed by atoms with Gasteiger partial charge in [-0.3, -0.25) is 4.79 Å². The molecule has 0 aliphatic carbocycles. The van der Waals surface area contributed by atoms with Crippen LogP contribution in [-0.2, 0) is 32.1 Å². The molecule has 0 unspecified atom stereocenters. The highest BCUT2D eigenvalue weighted by Gasteiger charge is 2.21. The van der Waals surface area contributed by atoms with Gasteiger partial charge in [-0.2, -0.15) is 0 Å². The summed E-state index contributed by atoms with van der Waals surface area (Å²) in [7, 11) is 0. The second-order valence-corrected chi connectivity index (χ2v) is 15.8. The van der Waals surface area contributed by atoms with Crippen molar-refractivity contribution < 1.29 is 19.9 Å². The maximum absolute atomic E-state index is 12.5. The number of benzene rings is 3. The van der Waals surface area contributed by atoms with E-state index in [-0.39, 0.29) is 12.2 Å². The third-order valence-electron chi connectivity index (χ3n) is 9.27. The van der Waals surface area contributed by atoms with Crippen LogP contribution in [0.2, 0.25) is 30.1 Å². The summed E-state index contributed by atoms with van der Waals surface area (Å²) >= 11 is 35.4. The Hall–Kier alpha value is -5.73. The zero-order valence-corrected chi connectivity index (χ0v) is 36.6. The van der Waals surface area contributed by atoms with E-state index in [0.717, 1.165) is 27.8 Å². The lowest BCUT2D eigenvalue weighted by Gasteiger charge is -2.10. The van der Waals surface area contributed by atoms with Gasteiger partial charge in [0.1, 0.15) is 0 Å². The minimum absolute atomic E-state index is 0.00156. The Labute approximate surface area is 385 Å². The quantitative estimate of drug-likeness (QED) is 0.0463. The number of aliphatic imine (C=N–C) groups is 3. The second-order valence-electron chi connectivity index (χ2n) is 13.3. The van der Waals surface area contributed by atoms with Gasteiger partial charge in [-0.1, -0.05) is 74.8 Å². The minimum atomic E-state index is -0.917. The Balaban J connectivity index is 0.000000145. The van der Waals surface area contributed by atoms with Gasteiger partial charge in [0.25, 0.3) is 0 Å². The maximum Gasteiger partial charge on any atom is 0.336 e. The summed E-state index contributed by atoms with van der Waals surface area (Å²) < 4.78 is 0. The fraction of sp³-hybridized carbons (Fsp3) is 0.114. The summed E-state index contributed by atoms with van der Waals surface area (Å²) in [6.45, 7) is 0. The van der Waals surface area contributed by atoms with E-state index in [4.69, 9.17) is 80.4 Å². The van der Waals surface area contributed by atoms with Crippen molar-refractivity contribution in [3.63, 3.8) is 0 Å². The number of nitrogens with zero attached hydrogens (tertiary/aromatic N) is 7. The first-order chi connectivity index (χ1) is 29.8. The van der Waals surface area contributed by atoms with Crippen molar-refractivity contribution in [3.05, 3.63) is 166 Å². The first-order valence-electron chi connectivity index (χ1n) is 18.4. The average Bonchev–Trinajstić information content (AvgIpc) is 4.06. The molecular weight excluding hydrogens is 917 g/mol. The van der Waals surface area contributed by atoms with E-state index in [2.05, 4.69) is 35.1 Å². The summed E-state index contributed by atoms with van der Waals surface area (Å²) in [5, 5.41) is 25.0. The van der Waals surface area contributed by atoms with Gasteiger partial charge < -0.3 is 16.0 Å². The lowest BCUT2D eigenvalue weighted by molar-refractivity contribution is 0.0695. The predicted molar refractivity (Wildman–Crippen MR) is 249 cm³/mol. The molecule has 6 aromatic rings. The Morgan fingerprint density at radius 3 is 1.45 bits per heavy atom. The molecule has 0 amide bonds. The lowest BCUT2D eigenvalue weighted by Crippen LogP contribution is -2.09. The van der Waals surface area contributed by atoms with Gasteiger partial charge in [0.2, 0.25) is 0 Å². The molecule has 4 N–H and O–H groups in total. The normalized spacial score (nSPS) is 12.5. The molecule has 3 aliphatic rings. The van der Waals surface area contributed by atoms with Crippen molar-refractivity contribution in [2.45, 2.75) is 32.1 Å². The number of fused-ring (bicyclic) bond motifs is 3. The topological polar surface area (TPSA) is 189 Å². The van der Waals surface area contributed by atoms with Crippen molar-refractivity contribution in [1.82, 2.24) is 15.0 Å². The number of hydrogen-bond donors (Lipinski definition) is 3. The van der Waals surface area contributed by atoms with Gasteiger partial charge in [0.05, 0.1) is 22.0 Å². The van der Waals surface area contributed by atoms with Gasteiger partial charge in [-0.15, -0.1) is 0 Å². The zero-order chi connectivity index (χ0) is 44.3. The van der Waals surface area contributed by atoms with Crippen LogP contribution in [0.15, 0.2) is 112 Å². The molecule has 18 heteroatoms.